The molecule has 168 valence electrons. The summed E-state index contributed by atoms with van der Waals surface area (Å²) in [5.41, 5.74) is 1.10. The van der Waals surface area contributed by atoms with Crippen molar-refractivity contribution in [1.82, 2.24) is 15.5 Å². The summed E-state index contributed by atoms with van der Waals surface area (Å²) in [6, 6.07) is 7.21. The van der Waals surface area contributed by atoms with Crippen molar-refractivity contribution in [3.05, 3.63) is 29.8 Å². The van der Waals surface area contributed by atoms with Crippen LogP contribution in [0.1, 0.15) is 37.7 Å². The Kier molecular flexibility index (Phi) is 8.69. The normalized spacial score (nSPS) is 20.2. The molecule has 30 heavy (non-hydrogen) atoms. The molecule has 2 N–H and O–H groups in total. The van der Waals surface area contributed by atoms with E-state index in [1.54, 1.807) is 19.2 Å². The predicted molar refractivity (Wildman–Crippen MR) is 114 cm³/mol. The number of alkyl halides is 2. The number of rotatable bonds is 8. The quantitative estimate of drug-likeness (QED) is 0.496. The van der Waals surface area contributed by atoms with E-state index in [1.807, 2.05) is 12.1 Å². The van der Waals surface area contributed by atoms with Crippen LogP contribution in [0.4, 0.5) is 8.78 Å². The third kappa shape index (κ3) is 6.54. The molecule has 0 unspecified atom stereocenters. The number of halogens is 2. The summed E-state index contributed by atoms with van der Waals surface area (Å²) < 4.78 is 35.4. The van der Waals surface area contributed by atoms with E-state index in [1.165, 1.54) is 32.1 Å². The summed E-state index contributed by atoms with van der Waals surface area (Å²) in [5.74, 6) is 1.19. The monoisotopic (exact) mass is 424 g/mol. The molecule has 0 spiro atoms. The van der Waals surface area contributed by atoms with Crippen LogP contribution in [0, 0.1) is 0 Å². The molecule has 1 aliphatic heterocycles. The zero-order valence-corrected chi connectivity index (χ0v) is 17.8. The second-order valence-electron chi connectivity index (χ2n) is 8.01. The molecular weight excluding hydrogens is 390 g/mol. The first-order chi connectivity index (χ1) is 14.6. The van der Waals surface area contributed by atoms with Crippen LogP contribution in [0.15, 0.2) is 29.3 Å². The van der Waals surface area contributed by atoms with Gasteiger partial charge in [-0.3, -0.25) is 9.89 Å². The van der Waals surface area contributed by atoms with Crippen molar-refractivity contribution in [3.63, 3.8) is 0 Å². The van der Waals surface area contributed by atoms with Gasteiger partial charge in [0.05, 0.1) is 13.2 Å². The van der Waals surface area contributed by atoms with Crippen molar-refractivity contribution in [1.29, 1.82) is 0 Å². The number of aliphatic imine (C=N–C) groups is 1. The van der Waals surface area contributed by atoms with Gasteiger partial charge >= 0.3 is 0 Å². The zero-order valence-electron chi connectivity index (χ0n) is 17.8. The minimum atomic E-state index is -2.48. The highest BCUT2D eigenvalue weighted by atomic mass is 19.3. The van der Waals surface area contributed by atoms with E-state index in [9.17, 15) is 8.78 Å². The lowest BCUT2D eigenvalue weighted by molar-refractivity contribution is -0.0352. The fraction of sp³-hybridized carbons (Fsp3) is 0.682. The number of nitrogens with one attached hydrogen (secondary N) is 2. The Bertz CT molecular complexity index is 675. The van der Waals surface area contributed by atoms with Gasteiger partial charge < -0.3 is 20.1 Å². The molecule has 0 amide bonds. The number of nitrogens with zero attached hydrogens (tertiary/aromatic N) is 2. The van der Waals surface area contributed by atoms with Crippen LogP contribution >= 0.6 is 0 Å². The second kappa shape index (κ2) is 11.5. The molecule has 3 rings (SSSR count). The molecule has 0 atom stereocenters. The Morgan fingerprint density at radius 2 is 1.97 bits per heavy atom. The molecule has 1 saturated heterocycles. The van der Waals surface area contributed by atoms with Crippen molar-refractivity contribution in [2.45, 2.75) is 50.6 Å². The molecule has 0 radical (unpaired) electrons. The zero-order chi connectivity index (χ0) is 21.2. The summed E-state index contributed by atoms with van der Waals surface area (Å²) >= 11 is 0. The highest BCUT2D eigenvalue weighted by Crippen LogP contribution is 2.33. The maximum absolute atomic E-state index is 12.4. The van der Waals surface area contributed by atoms with Crippen LogP contribution in [0.2, 0.25) is 0 Å². The first kappa shape index (κ1) is 22.7. The van der Waals surface area contributed by atoms with Crippen LogP contribution in [0.25, 0.3) is 0 Å². The van der Waals surface area contributed by atoms with E-state index < -0.39 is 13.0 Å². The lowest BCUT2D eigenvalue weighted by Gasteiger charge is -2.48. The number of morpholine rings is 1. The lowest BCUT2D eigenvalue weighted by Crippen LogP contribution is -2.60. The molecule has 8 heteroatoms. The van der Waals surface area contributed by atoms with Crippen LogP contribution in [0.5, 0.6) is 5.75 Å². The highest BCUT2D eigenvalue weighted by molar-refractivity contribution is 5.79. The Balaban J connectivity index is 1.54. The summed E-state index contributed by atoms with van der Waals surface area (Å²) in [7, 11) is 1.76. The molecule has 2 aliphatic rings. The molecular formula is C22H34F2N4O2. The van der Waals surface area contributed by atoms with Crippen LogP contribution in [0.3, 0.4) is 0 Å². The molecule has 1 aromatic rings. The Labute approximate surface area is 178 Å². The topological polar surface area (TPSA) is 58.1 Å². The van der Waals surface area contributed by atoms with E-state index in [-0.39, 0.29) is 5.54 Å². The van der Waals surface area contributed by atoms with Crippen molar-refractivity contribution >= 4 is 5.96 Å². The summed E-state index contributed by atoms with van der Waals surface area (Å²) in [6.07, 6.45) is 3.74. The maximum Gasteiger partial charge on any atom is 0.272 e. The van der Waals surface area contributed by atoms with Crippen molar-refractivity contribution in [2.75, 3.05) is 46.5 Å². The van der Waals surface area contributed by atoms with Gasteiger partial charge in [-0.2, -0.15) is 0 Å². The molecule has 1 aromatic carbocycles. The maximum atomic E-state index is 12.4. The smallest absolute Gasteiger partial charge is 0.272 e. The third-order valence-electron chi connectivity index (χ3n) is 6.01. The van der Waals surface area contributed by atoms with E-state index >= 15 is 0 Å². The van der Waals surface area contributed by atoms with E-state index in [0.717, 1.165) is 44.4 Å². The van der Waals surface area contributed by atoms with Gasteiger partial charge in [0.25, 0.3) is 6.43 Å². The van der Waals surface area contributed by atoms with Gasteiger partial charge in [0.15, 0.2) is 5.96 Å². The molecule has 2 fully saturated rings. The van der Waals surface area contributed by atoms with Crippen molar-refractivity contribution < 1.29 is 18.3 Å². The van der Waals surface area contributed by atoms with Gasteiger partial charge in [0.1, 0.15) is 12.4 Å². The Morgan fingerprint density at radius 3 is 2.67 bits per heavy atom. The van der Waals surface area contributed by atoms with Gasteiger partial charge in [0, 0.05) is 38.8 Å². The van der Waals surface area contributed by atoms with Crippen LogP contribution < -0.4 is 15.4 Å². The Hall–Kier alpha value is -1.93. The average Bonchev–Trinajstić information content (AvgIpc) is 2.79. The number of ether oxygens (including phenoxy) is 2. The van der Waals surface area contributed by atoms with E-state index in [0.29, 0.717) is 12.3 Å². The first-order valence-corrected chi connectivity index (χ1v) is 10.9. The van der Waals surface area contributed by atoms with Crippen LogP contribution in [-0.4, -0.2) is 69.3 Å². The second-order valence-corrected chi connectivity index (χ2v) is 8.01. The highest BCUT2D eigenvalue weighted by Gasteiger charge is 2.38. The fourth-order valence-electron chi connectivity index (χ4n) is 4.41. The average molecular weight is 425 g/mol. The molecule has 0 bridgehead atoms. The third-order valence-corrected chi connectivity index (χ3v) is 6.01. The van der Waals surface area contributed by atoms with Crippen molar-refractivity contribution in [2.24, 2.45) is 4.99 Å². The van der Waals surface area contributed by atoms with Crippen LogP contribution in [-0.2, 0) is 11.3 Å². The molecule has 1 saturated carbocycles. The van der Waals surface area contributed by atoms with E-state index in [2.05, 4.69) is 20.5 Å². The number of benzene rings is 1. The van der Waals surface area contributed by atoms with Gasteiger partial charge in [0.2, 0.25) is 0 Å². The van der Waals surface area contributed by atoms with Crippen molar-refractivity contribution in [3.8, 4) is 5.75 Å². The minimum Gasteiger partial charge on any atom is -0.488 e. The number of hydrogen-bond acceptors (Lipinski definition) is 4. The lowest BCUT2D eigenvalue weighted by atomic mass is 9.80. The largest absolute Gasteiger partial charge is 0.488 e. The van der Waals surface area contributed by atoms with E-state index in [4.69, 9.17) is 9.47 Å². The number of guanidine groups is 1. The van der Waals surface area contributed by atoms with Gasteiger partial charge in [-0.1, -0.05) is 31.4 Å². The van der Waals surface area contributed by atoms with Gasteiger partial charge in [-0.05, 0) is 30.5 Å². The molecule has 1 aliphatic carbocycles. The minimum absolute atomic E-state index is 0.155. The fourth-order valence-corrected chi connectivity index (χ4v) is 4.41. The molecule has 6 nitrogen and oxygen atoms in total. The summed E-state index contributed by atoms with van der Waals surface area (Å²) in [4.78, 5) is 6.96. The van der Waals surface area contributed by atoms with Gasteiger partial charge in [-0.15, -0.1) is 0 Å². The first-order valence-electron chi connectivity index (χ1n) is 10.9. The molecule has 1 heterocycles. The number of hydrogen-bond donors (Lipinski definition) is 2. The molecule has 0 aromatic heterocycles. The Morgan fingerprint density at radius 1 is 1.20 bits per heavy atom. The predicted octanol–water partition coefficient (Wildman–Crippen LogP) is 3.03. The SMILES string of the molecule is CN=C(NCc1cccc(OCC(F)F)c1)NCC1(N2CCOCC2)CCCCC1. The summed E-state index contributed by atoms with van der Waals surface area (Å²) in [5, 5.41) is 6.86. The standard InChI is InChI=1S/C22H34F2N4O2/c1-25-21(26-15-18-6-5-7-19(14-18)30-16-20(23)24)27-17-22(8-3-2-4-9-22)28-10-12-29-13-11-28/h5-7,14,20H,2-4,8-13,15-17H2,1H3,(H2,25,26,27). The van der Waals surface area contributed by atoms with Gasteiger partial charge in [-0.25, -0.2) is 8.78 Å². The summed E-state index contributed by atoms with van der Waals surface area (Å²) in [6.45, 7) is 4.37.